The third-order valence-electron chi connectivity index (χ3n) is 5.30. The van der Waals surface area contributed by atoms with Crippen LogP contribution in [0.3, 0.4) is 0 Å². The first-order valence-electron chi connectivity index (χ1n) is 7.82. The summed E-state index contributed by atoms with van der Waals surface area (Å²) in [5.41, 5.74) is 2.16. The fourth-order valence-corrected chi connectivity index (χ4v) is 4.05. The molecule has 112 valence electrons. The zero-order valence-electron chi connectivity index (χ0n) is 12.4. The van der Waals surface area contributed by atoms with Gasteiger partial charge in [-0.3, -0.25) is 4.90 Å². The molecule has 0 aliphatic carbocycles. The number of aliphatic hydroxyl groups excluding tert-OH is 1. The molecule has 2 aliphatic heterocycles. The summed E-state index contributed by atoms with van der Waals surface area (Å²) in [6.07, 6.45) is 4.36. The Kier molecular flexibility index (Phi) is 3.25. The van der Waals surface area contributed by atoms with E-state index in [1.54, 1.807) is 12.5 Å². The van der Waals surface area contributed by atoms with Gasteiger partial charge >= 0.3 is 0 Å². The SMILES string of the molecule is Cc1c(C(O)CN2CCC3CNC[C@@H]32)ccc2cocc12. The van der Waals surface area contributed by atoms with Gasteiger partial charge in [-0.2, -0.15) is 0 Å². The van der Waals surface area contributed by atoms with Crippen LogP contribution < -0.4 is 5.32 Å². The highest BCUT2D eigenvalue weighted by molar-refractivity contribution is 5.85. The number of nitrogens with one attached hydrogen (secondary N) is 1. The summed E-state index contributed by atoms with van der Waals surface area (Å²) in [6.45, 7) is 6.11. The molecular weight excluding hydrogens is 264 g/mol. The number of aryl methyl sites for hydroxylation is 1. The van der Waals surface area contributed by atoms with Crippen molar-refractivity contribution in [3.63, 3.8) is 0 Å². The average Bonchev–Trinajstić information content (AvgIpc) is 3.16. The topological polar surface area (TPSA) is 48.6 Å². The lowest BCUT2D eigenvalue weighted by atomic mass is 9.98. The first kappa shape index (κ1) is 13.3. The van der Waals surface area contributed by atoms with Gasteiger partial charge in [0.05, 0.1) is 18.6 Å². The highest BCUT2D eigenvalue weighted by atomic mass is 16.3. The minimum absolute atomic E-state index is 0.427. The maximum atomic E-state index is 10.7. The smallest absolute Gasteiger partial charge is 0.0984 e. The van der Waals surface area contributed by atoms with E-state index in [4.69, 9.17) is 4.42 Å². The second kappa shape index (κ2) is 5.13. The van der Waals surface area contributed by atoms with E-state index in [0.29, 0.717) is 6.04 Å². The predicted molar refractivity (Wildman–Crippen MR) is 82.2 cm³/mol. The number of rotatable bonds is 3. The van der Waals surface area contributed by atoms with Gasteiger partial charge in [0.25, 0.3) is 0 Å². The molecule has 0 saturated carbocycles. The number of fused-ring (bicyclic) bond motifs is 2. The summed E-state index contributed by atoms with van der Waals surface area (Å²) in [4.78, 5) is 2.45. The highest BCUT2D eigenvalue weighted by Crippen LogP contribution is 2.31. The number of aliphatic hydroxyl groups is 1. The van der Waals surface area contributed by atoms with Crippen molar-refractivity contribution in [2.75, 3.05) is 26.2 Å². The second-order valence-electron chi connectivity index (χ2n) is 6.44. The normalized spacial score (nSPS) is 27.3. The Hall–Kier alpha value is -1.36. The Balaban J connectivity index is 1.56. The van der Waals surface area contributed by atoms with Crippen LogP contribution in [0, 0.1) is 12.8 Å². The summed E-state index contributed by atoms with van der Waals surface area (Å²) in [5, 5.41) is 16.4. The van der Waals surface area contributed by atoms with Crippen LogP contribution in [0.5, 0.6) is 0 Å². The van der Waals surface area contributed by atoms with Gasteiger partial charge in [0, 0.05) is 29.9 Å². The Bertz CT molecular complexity index is 651. The van der Waals surface area contributed by atoms with Crippen LogP contribution in [0.15, 0.2) is 29.1 Å². The second-order valence-corrected chi connectivity index (χ2v) is 6.44. The number of hydrogen-bond donors (Lipinski definition) is 2. The van der Waals surface area contributed by atoms with E-state index in [-0.39, 0.29) is 0 Å². The van der Waals surface area contributed by atoms with Gasteiger partial charge in [0.2, 0.25) is 0 Å². The highest BCUT2D eigenvalue weighted by Gasteiger charge is 2.38. The Morgan fingerprint density at radius 1 is 1.38 bits per heavy atom. The number of nitrogens with zero attached hydrogens (tertiary/aromatic N) is 1. The van der Waals surface area contributed by atoms with Gasteiger partial charge in [-0.25, -0.2) is 0 Å². The van der Waals surface area contributed by atoms with Gasteiger partial charge in [-0.1, -0.05) is 12.1 Å². The lowest BCUT2D eigenvalue weighted by molar-refractivity contribution is 0.106. The first-order valence-corrected chi connectivity index (χ1v) is 7.82. The van der Waals surface area contributed by atoms with E-state index in [9.17, 15) is 5.11 Å². The van der Waals surface area contributed by atoms with Crippen molar-refractivity contribution in [3.8, 4) is 0 Å². The summed E-state index contributed by atoms with van der Waals surface area (Å²) < 4.78 is 5.27. The van der Waals surface area contributed by atoms with E-state index in [1.165, 1.54) is 6.42 Å². The van der Waals surface area contributed by atoms with Crippen molar-refractivity contribution in [2.24, 2.45) is 5.92 Å². The molecule has 0 radical (unpaired) electrons. The van der Waals surface area contributed by atoms with Crippen LogP contribution in [0.25, 0.3) is 10.8 Å². The van der Waals surface area contributed by atoms with E-state index in [1.807, 2.05) is 12.1 Å². The maximum absolute atomic E-state index is 10.7. The Labute approximate surface area is 124 Å². The summed E-state index contributed by atoms with van der Waals surface area (Å²) in [6, 6.07) is 4.68. The van der Waals surface area contributed by atoms with Gasteiger partial charge in [-0.15, -0.1) is 0 Å². The fourth-order valence-electron chi connectivity index (χ4n) is 4.05. The molecular formula is C17H22N2O2. The zero-order valence-corrected chi connectivity index (χ0v) is 12.4. The van der Waals surface area contributed by atoms with Crippen LogP contribution in [-0.4, -0.2) is 42.2 Å². The van der Waals surface area contributed by atoms with E-state index >= 15 is 0 Å². The van der Waals surface area contributed by atoms with Crippen molar-refractivity contribution < 1.29 is 9.52 Å². The monoisotopic (exact) mass is 286 g/mol. The zero-order chi connectivity index (χ0) is 14.4. The molecule has 1 aromatic heterocycles. The molecule has 4 rings (SSSR count). The molecule has 0 amide bonds. The molecule has 3 atom stereocenters. The first-order chi connectivity index (χ1) is 10.2. The molecule has 0 bridgehead atoms. The largest absolute Gasteiger partial charge is 0.471 e. The quantitative estimate of drug-likeness (QED) is 0.907. The third-order valence-corrected chi connectivity index (χ3v) is 5.30. The molecule has 0 spiro atoms. The molecule has 2 unspecified atom stereocenters. The molecule has 4 heteroatoms. The van der Waals surface area contributed by atoms with Crippen LogP contribution in [0.4, 0.5) is 0 Å². The van der Waals surface area contributed by atoms with Crippen molar-refractivity contribution in [3.05, 3.63) is 35.8 Å². The lowest BCUT2D eigenvalue weighted by Crippen LogP contribution is -2.37. The molecule has 2 fully saturated rings. The van der Waals surface area contributed by atoms with Gasteiger partial charge in [0.15, 0.2) is 0 Å². The van der Waals surface area contributed by atoms with Crippen molar-refractivity contribution in [1.82, 2.24) is 10.2 Å². The van der Waals surface area contributed by atoms with Crippen molar-refractivity contribution >= 4 is 10.8 Å². The number of β-amino-alcohol motifs (C(OH)–C–C–N with tert-alkyl or cyclic N) is 1. The summed E-state index contributed by atoms with van der Waals surface area (Å²) in [5.74, 6) is 0.773. The number of hydrogen-bond acceptors (Lipinski definition) is 4. The lowest BCUT2D eigenvalue weighted by Gasteiger charge is -2.26. The molecule has 2 N–H and O–H groups in total. The van der Waals surface area contributed by atoms with Gasteiger partial charge in [-0.05, 0) is 43.5 Å². The maximum Gasteiger partial charge on any atom is 0.0984 e. The summed E-state index contributed by atoms with van der Waals surface area (Å²) >= 11 is 0. The molecule has 2 aromatic rings. The molecule has 3 heterocycles. The predicted octanol–water partition coefficient (Wildman–Crippen LogP) is 2.07. The van der Waals surface area contributed by atoms with Crippen LogP contribution in [0.2, 0.25) is 0 Å². The van der Waals surface area contributed by atoms with Gasteiger partial charge in [0.1, 0.15) is 0 Å². The van der Waals surface area contributed by atoms with Crippen LogP contribution in [0.1, 0.15) is 23.7 Å². The summed E-state index contributed by atoms with van der Waals surface area (Å²) in [7, 11) is 0. The van der Waals surface area contributed by atoms with Crippen LogP contribution >= 0.6 is 0 Å². The van der Waals surface area contributed by atoms with Crippen LogP contribution in [-0.2, 0) is 0 Å². The minimum atomic E-state index is -0.427. The van der Waals surface area contributed by atoms with Crippen molar-refractivity contribution in [1.29, 1.82) is 0 Å². The minimum Gasteiger partial charge on any atom is -0.471 e. The van der Waals surface area contributed by atoms with E-state index < -0.39 is 6.10 Å². The number of furan rings is 1. The number of benzene rings is 1. The Morgan fingerprint density at radius 3 is 3.19 bits per heavy atom. The molecule has 2 saturated heterocycles. The number of likely N-dealkylation sites (tertiary alicyclic amines) is 1. The molecule has 2 aliphatic rings. The molecule has 4 nitrogen and oxygen atoms in total. The van der Waals surface area contributed by atoms with E-state index in [0.717, 1.165) is 54.0 Å². The average molecular weight is 286 g/mol. The van der Waals surface area contributed by atoms with E-state index in [2.05, 4.69) is 17.1 Å². The fraction of sp³-hybridized carbons (Fsp3) is 0.529. The molecule has 1 aromatic carbocycles. The van der Waals surface area contributed by atoms with Gasteiger partial charge < -0.3 is 14.8 Å². The third kappa shape index (κ3) is 2.18. The van der Waals surface area contributed by atoms with Crippen molar-refractivity contribution in [2.45, 2.75) is 25.5 Å². The molecule has 21 heavy (non-hydrogen) atoms. The Morgan fingerprint density at radius 2 is 2.29 bits per heavy atom. The standard InChI is InChI=1S/C17H22N2O2/c1-11-14(3-2-13-9-21-10-15(11)13)17(20)8-19-5-4-12-6-18-7-16(12)19/h2-3,9-10,12,16-18,20H,4-8H2,1H3/t12?,16-,17?/m0/s1.